The normalized spacial score (nSPS) is 10.7. The van der Waals surface area contributed by atoms with E-state index < -0.39 is 0 Å². The number of hydrogen-bond donors (Lipinski definition) is 2. The van der Waals surface area contributed by atoms with Crippen molar-refractivity contribution < 1.29 is 14.0 Å². The second-order valence-electron chi connectivity index (χ2n) is 5.89. The van der Waals surface area contributed by atoms with Crippen LogP contribution in [0, 0.1) is 13.8 Å². The van der Waals surface area contributed by atoms with Gasteiger partial charge < -0.3 is 15.1 Å². The summed E-state index contributed by atoms with van der Waals surface area (Å²) in [6, 6.07) is 8.61. The number of carbonyl (C=O) groups is 2. The van der Waals surface area contributed by atoms with Gasteiger partial charge in [0.15, 0.2) is 10.8 Å². The molecule has 0 aliphatic carbocycles. The van der Waals surface area contributed by atoms with Crippen molar-refractivity contribution in [1.29, 1.82) is 0 Å². The van der Waals surface area contributed by atoms with Crippen LogP contribution in [0.5, 0.6) is 0 Å². The number of furan rings is 1. The zero-order valence-electron chi connectivity index (χ0n) is 15.1. The smallest absolute Gasteiger partial charge is 0.267 e. The van der Waals surface area contributed by atoms with Crippen LogP contribution in [-0.2, 0) is 4.79 Å². The molecular formula is C19H18ClN3O3S. The second kappa shape index (κ2) is 7.94. The van der Waals surface area contributed by atoms with Crippen LogP contribution in [0.2, 0.25) is 5.02 Å². The lowest BCUT2D eigenvalue weighted by Crippen LogP contribution is -2.13. The highest BCUT2D eigenvalue weighted by Crippen LogP contribution is 2.31. The molecule has 0 saturated carbocycles. The summed E-state index contributed by atoms with van der Waals surface area (Å²) < 4.78 is 5.57. The van der Waals surface area contributed by atoms with E-state index in [0.717, 1.165) is 5.76 Å². The molecule has 0 saturated heterocycles. The molecule has 2 N–H and O–H groups in total. The molecule has 8 heteroatoms. The van der Waals surface area contributed by atoms with Crippen LogP contribution >= 0.6 is 22.9 Å². The van der Waals surface area contributed by atoms with Gasteiger partial charge in [-0.15, -0.1) is 11.3 Å². The molecule has 2 amide bonds. The Kier molecular flexibility index (Phi) is 5.62. The largest absolute Gasteiger partial charge is 0.459 e. The molecule has 140 valence electrons. The van der Waals surface area contributed by atoms with Gasteiger partial charge in [0, 0.05) is 12.1 Å². The molecule has 0 atom stereocenters. The van der Waals surface area contributed by atoms with Gasteiger partial charge in [0.05, 0.1) is 16.4 Å². The van der Waals surface area contributed by atoms with E-state index in [2.05, 4.69) is 15.6 Å². The number of amides is 2. The van der Waals surface area contributed by atoms with Crippen molar-refractivity contribution >= 4 is 46.1 Å². The lowest BCUT2D eigenvalue weighted by molar-refractivity contribution is -0.115. The van der Waals surface area contributed by atoms with Crippen molar-refractivity contribution in [3.8, 4) is 10.8 Å². The van der Waals surface area contributed by atoms with E-state index in [4.69, 9.17) is 16.0 Å². The Hall–Kier alpha value is -2.64. The van der Waals surface area contributed by atoms with E-state index in [-0.39, 0.29) is 11.8 Å². The summed E-state index contributed by atoms with van der Waals surface area (Å²) >= 11 is 7.44. The first kappa shape index (κ1) is 19.1. The molecule has 3 rings (SSSR count). The first-order valence-electron chi connectivity index (χ1n) is 8.32. The van der Waals surface area contributed by atoms with Crippen LogP contribution in [0.25, 0.3) is 10.8 Å². The molecule has 1 aromatic carbocycles. The van der Waals surface area contributed by atoms with Crippen LogP contribution in [0.4, 0.5) is 11.4 Å². The van der Waals surface area contributed by atoms with Gasteiger partial charge in [-0.3, -0.25) is 9.59 Å². The minimum Gasteiger partial charge on any atom is -0.459 e. The zero-order chi connectivity index (χ0) is 19.6. The van der Waals surface area contributed by atoms with E-state index in [1.165, 1.54) is 11.3 Å². The fourth-order valence-corrected chi connectivity index (χ4v) is 3.48. The van der Waals surface area contributed by atoms with Crippen molar-refractivity contribution in [3.63, 3.8) is 0 Å². The van der Waals surface area contributed by atoms with Gasteiger partial charge in [-0.25, -0.2) is 4.98 Å². The van der Waals surface area contributed by atoms with Gasteiger partial charge >= 0.3 is 0 Å². The van der Waals surface area contributed by atoms with Crippen molar-refractivity contribution in [3.05, 3.63) is 51.7 Å². The van der Waals surface area contributed by atoms with Gasteiger partial charge in [0.1, 0.15) is 10.6 Å². The minimum atomic E-state index is -0.319. The Morgan fingerprint density at radius 1 is 1.19 bits per heavy atom. The first-order valence-corrected chi connectivity index (χ1v) is 9.51. The van der Waals surface area contributed by atoms with Crippen LogP contribution in [0.15, 0.2) is 34.7 Å². The van der Waals surface area contributed by atoms with Gasteiger partial charge in [-0.2, -0.15) is 0 Å². The fourth-order valence-electron chi connectivity index (χ4n) is 2.39. The molecule has 0 bridgehead atoms. The number of halogens is 1. The predicted molar refractivity (Wildman–Crippen MR) is 108 cm³/mol. The summed E-state index contributed by atoms with van der Waals surface area (Å²) in [6.07, 6.45) is 0.361. The molecule has 2 aromatic heterocycles. The second-order valence-corrected chi connectivity index (χ2v) is 7.30. The number of hydrogen-bond acceptors (Lipinski definition) is 5. The third kappa shape index (κ3) is 4.37. The molecule has 3 aromatic rings. The SMILES string of the molecule is CCC(=O)Nc1ccc(Cl)c(NC(=O)c2sc(-c3ccc(C)o3)nc2C)c1. The first-order chi connectivity index (χ1) is 12.9. The van der Waals surface area contributed by atoms with E-state index in [1.807, 2.05) is 19.1 Å². The molecule has 0 radical (unpaired) electrons. The highest BCUT2D eigenvalue weighted by molar-refractivity contribution is 7.17. The topological polar surface area (TPSA) is 84.2 Å². The average Bonchev–Trinajstić information content (AvgIpc) is 3.23. The molecule has 0 fully saturated rings. The van der Waals surface area contributed by atoms with Crippen molar-refractivity contribution in [2.75, 3.05) is 10.6 Å². The lowest BCUT2D eigenvalue weighted by Gasteiger charge is -2.10. The van der Waals surface area contributed by atoms with Gasteiger partial charge in [0.25, 0.3) is 5.91 Å². The van der Waals surface area contributed by atoms with Gasteiger partial charge in [0.2, 0.25) is 5.91 Å². The third-order valence-electron chi connectivity index (χ3n) is 3.77. The number of aromatic nitrogens is 1. The third-order valence-corrected chi connectivity index (χ3v) is 5.27. The van der Waals surface area contributed by atoms with E-state index in [1.54, 1.807) is 32.0 Å². The summed E-state index contributed by atoms with van der Waals surface area (Å²) in [7, 11) is 0. The van der Waals surface area contributed by atoms with Crippen molar-refractivity contribution in [1.82, 2.24) is 4.98 Å². The van der Waals surface area contributed by atoms with E-state index in [0.29, 0.717) is 44.2 Å². The Morgan fingerprint density at radius 3 is 2.63 bits per heavy atom. The zero-order valence-corrected chi connectivity index (χ0v) is 16.6. The van der Waals surface area contributed by atoms with Crippen molar-refractivity contribution in [2.24, 2.45) is 0 Å². The van der Waals surface area contributed by atoms with Gasteiger partial charge in [-0.1, -0.05) is 18.5 Å². The predicted octanol–water partition coefficient (Wildman–Crippen LogP) is 5.27. The number of benzene rings is 1. The Morgan fingerprint density at radius 2 is 1.96 bits per heavy atom. The quantitative estimate of drug-likeness (QED) is 0.607. The maximum atomic E-state index is 12.7. The summed E-state index contributed by atoms with van der Waals surface area (Å²) in [5.41, 5.74) is 1.58. The number of nitrogens with zero attached hydrogens (tertiary/aromatic N) is 1. The maximum absolute atomic E-state index is 12.7. The molecule has 6 nitrogen and oxygen atoms in total. The molecular weight excluding hydrogens is 386 g/mol. The lowest BCUT2D eigenvalue weighted by atomic mass is 10.2. The summed E-state index contributed by atoms with van der Waals surface area (Å²) in [5.74, 6) is 0.968. The van der Waals surface area contributed by atoms with Crippen molar-refractivity contribution in [2.45, 2.75) is 27.2 Å². The fraction of sp³-hybridized carbons (Fsp3) is 0.211. The number of carbonyl (C=O) groups excluding carboxylic acids is 2. The molecule has 27 heavy (non-hydrogen) atoms. The van der Waals surface area contributed by atoms with Gasteiger partial charge in [-0.05, 0) is 44.2 Å². The summed E-state index contributed by atoms with van der Waals surface area (Å²) in [4.78, 5) is 29.2. The summed E-state index contributed by atoms with van der Waals surface area (Å²) in [5, 5.41) is 6.54. The van der Waals surface area contributed by atoms with Crippen LogP contribution in [0.3, 0.4) is 0 Å². The maximum Gasteiger partial charge on any atom is 0.267 e. The molecule has 0 aliphatic rings. The summed E-state index contributed by atoms with van der Waals surface area (Å²) in [6.45, 7) is 5.38. The van der Waals surface area contributed by atoms with Crippen LogP contribution < -0.4 is 10.6 Å². The highest BCUT2D eigenvalue weighted by Gasteiger charge is 2.19. The highest BCUT2D eigenvalue weighted by atomic mass is 35.5. The number of aryl methyl sites for hydroxylation is 2. The number of thiazole rings is 1. The Balaban J connectivity index is 1.82. The minimum absolute atomic E-state index is 0.119. The Bertz CT molecular complexity index is 1010. The van der Waals surface area contributed by atoms with E-state index in [9.17, 15) is 9.59 Å². The average molecular weight is 404 g/mol. The Labute approximate surface area is 165 Å². The molecule has 2 heterocycles. The van der Waals surface area contributed by atoms with Crippen LogP contribution in [0.1, 0.15) is 34.5 Å². The van der Waals surface area contributed by atoms with E-state index >= 15 is 0 Å². The number of nitrogens with one attached hydrogen (secondary N) is 2. The number of anilines is 2. The standard InChI is InChI=1S/C19H18ClN3O3S/c1-4-16(24)22-12-6-7-13(20)14(9-12)23-18(25)17-11(3)21-19(27-17)15-8-5-10(2)26-15/h5-9H,4H2,1-3H3,(H,22,24)(H,23,25). The molecule has 0 spiro atoms. The number of rotatable bonds is 5. The molecule has 0 unspecified atom stereocenters. The van der Waals surface area contributed by atoms with Crippen LogP contribution in [-0.4, -0.2) is 16.8 Å². The monoisotopic (exact) mass is 403 g/mol. The molecule has 0 aliphatic heterocycles.